The van der Waals surface area contributed by atoms with Crippen LogP contribution in [-0.4, -0.2) is 37.5 Å². The first-order chi connectivity index (χ1) is 8.74. The zero-order valence-corrected chi connectivity index (χ0v) is 12.5. The van der Waals surface area contributed by atoms with Crippen LogP contribution in [-0.2, 0) is 14.2 Å². The van der Waals surface area contributed by atoms with Crippen LogP contribution in [0.4, 0.5) is 0 Å². The van der Waals surface area contributed by atoms with E-state index in [1.54, 1.807) is 11.3 Å². The third-order valence-electron chi connectivity index (χ3n) is 2.55. The van der Waals surface area contributed by atoms with Crippen LogP contribution in [0.5, 0.6) is 0 Å². The summed E-state index contributed by atoms with van der Waals surface area (Å²) in [5.74, 6) is 0.906. The predicted octanol–water partition coefficient (Wildman–Crippen LogP) is 3.40. The monoisotopic (exact) mass is 288 g/mol. The van der Waals surface area contributed by atoms with Gasteiger partial charge in [0.2, 0.25) is 0 Å². The van der Waals surface area contributed by atoms with Crippen LogP contribution in [0.15, 0.2) is 21.7 Å². The van der Waals surface area contributed by atoms with Crippen molar-refractivity contribution in [3.63, 3.8) is 0 Å². The highest BCUT2D eigenvalue weighted by molar-refractivity contribution is 7.99. The van der Waals surface area contributed by atoms with Gasteiger partial charge in [0, 0.05) is 22.4 Å². The topological polar surface area (TPSA) is 27.7 Å². The van der Waals surface area contributed by atoms with Crippen molar-refractivity contribution in [3.8, 4) is 0 Å². The molecule has 1 fully saturated rings. The molecule has 0 amide bonds. The molecule has 1 aromatic heterocycles. The summed E-state index contributed by atoms with van der Waals surface area (Å²) >= 11 is 3.53. The number of thioether (sulfide) groups is 1. The van der Waals surface area contributed by atoms with Gasteiger partial charge in [0.05, 0.1) is 25.4 Å². The second-order valence-corrected chi connectivity index (χ2v) is 6.37. The lowest BCUT2D eigenvalue weighted by Gasteiger charge is -2.30. The van der Waals surface area contributed by atoms with Crippen molar-refractivity contribution in [3.05, 3.63) is 16.8 Å². The molecule has 0 saturated carbocycles. The van der Waals surface area contributed by atoms with Crippen LogP contribution in [0.2, 0.25) is 0 Å². The number of hydrogen-bond donors (Lipinski definition) is 0. The van der Waals surface area contributed by atoms with Crippen molar-refractivity contribution in [2.75, 3.05) is 19.0 Å². The van der Waals surface area contributed by atoms with Crippen LogP contribution in [0.3, 0.4) is 0 Å². The van der Waals surface area contributed by atoms with E-state index in [2.05, 4.69) is 16.8 Å². The van der Waals surface area contributed by atoms with E-state index >= 15 is 0 Å². The molecular formula is C13H20O3S2. The second kappa shape index (κ2) is 7.50. The van der Waals surface area contributed by atoms with Gasteiger partial charge in [-0.05, 0) is 25.3 Å². The Labute approximate surface area is 117 Å². The molecule has 2 unspecified atom stereocenters. The quantitative estimate of drug-likeness (QED) is 0.685. The molecule has 1 aromatic rings. The summed E-state index contributed by atoms with van der Waals surface area (Å²) in [7, 11) is 0. The predicted molar refractivity (Wildman–Crippen MR) is 75.4 cm³/mol. The van der Waals surface area contributed by atoms with E-state index in [0.717, 1.165) is 18.8 Å². The molecule has 0 aromatic carbocycles. The lowest BCUT2D eigenvalue weighted by molar-refractivity contribution is -0.239. The van der Waals surface area contributed by atoms with E-state index in [0.29, 0.717) is 6.61 Å². The molecule has 2 heterocycles. The molecule has 0 N–H and O–H groups in total. The highest BCUT2D eigenvalue weighted by atomic mass is 32.2. The van der Waals surface area contributed by atoms with Crippen molar-refractivity contribution < 1.29 is 14.2 Å². The molecule has 2 rings (SSSR count). The van der Waals surface area contributed by atoms with Gasteiger partial charge in [-0.1, -0.05) is 0 Å². The zero-order chi connectivity index (χ0) is 12.8. The molecule has 2 atom stereocenters. The summed E-state index contributed by atoms with van der Waals surface area (Å²) in [4.78, 5) is 1.30. The summed E-state index contributed by atoms with van der Waals surface area (Å²) in [6, 6.07) is 2.13. The Morgan fingerprint density at radius 3 is 2.94 bits per heavy atom. The SMILES string of the molecule is CC(C)OCC(CSc1ccsc1)OC1CCO1. The normalized spacial score (nSPS) is 20.9. The molecule has 1 aliphatic rings. The fraction of sp³-hybridized carbons (Fsp3) is 0.692. The number of ether oxygens (including phenoxy) is 3. The average Bonchev–Trinajstić information content (AvgIpc) is 2.78. The van der Waals surface area contributed by atoms with Gasteiger partial charge in [-0.25, -0.2) is 0 Å². The Hall–Kier alpha value is -0.0700. The highest BCUT2D eigenvalue weighted by Gasteiger charge is 2.23. The van der Waals surface area contributed by atoms with Gasteiger partial charge in [0.15, 0.2) is 6.29 Å². The first kappa shape index (κ1) is 14.3. The molecule has 3 nitrogen and oxygen atoms in total. The van der Waals surface area contributed by atoms with Crippen molar-refractivity contribution in [1.29, 1.82) is 0 Å². The van der Waals surface area contributed by atoms with Crippen LogP contribution in [0, 0.1) is 0 Å². The van der Waals surface area contributed by atoms with Crippen LogP contribution in [0.25, 0.3) is 0 Å². The third kappa shape index (κ3) is 4.90. The number of rotatable bonds is 8. The molecule has 5 heteroatoms. The smallest absolute Gasteiger partial charge is 0.160 e. The Kier molecular flexibility index (Phi) is 5.98. The van der Waals surface area contributed by atoms with Crippen molar-refractivity contribution in [2.24, 2.45) is 0 Å². The largest absolute Gasteiger partial charge is 0.376 e. The molecule has 0 aliphatic carbocycles. The van der Waals surface area contributed by atoms with Gasteiger partial charge in [-0.15, -0.1) is 11.8 Å². The molecule has 0 radical (unpaired) electrons. The number of hydrogen-bond acceptors (Lipinski definition) is 5. The third-order valence-corrected chi connectivity index (χ3v) is 4.51. The summed E-state index contributed by atoms with van der Waals surface area (Å²) in [5, 5.41) is 4.25. The van der Waals surface area contributed by atoms with E-state index in [9.17, 15) is 0 Å². The Balaban J connectivity index is 1.74. The molecule has 1 saturated heterocycles. The van der Waals surface area contributed by atoms with Gasteiger partial charge in [-0.2, -0.15) is 11.3 Å². The van der Waals surface area contributed by atoms with Gasteiger partial charge in [-0.3, -0.25) is 0 Å². The molecule has 0 spiro atoms. The molecule has 18 heavy (non-hydrogen) atoms. The maximum Gasteiger partial charge on any atom is 0.160 e. The Morgan fingerprint density at radius 1 is 1.56 bits per heavy atom. The van der Waals surface area contributed by atoms with Crippen molar-refractivity contribution in [1.82, 2.24) is 0 Å². The first-order valence-electron chi connectivity index (χ1n) is 6.27. The van der Waals surface area contributed by atoms with Crippen molar-refractivity contribution in [2.45, 2.75) is 43.7 Å². The Bertz CT molecular complexity index is 323. The van der Waals surface area contributed by atoms with Crippen LogP contribution >= 0.6 is 23.1 Å². The summed E-state index contributed by atoms with van der Waals surface area (Å²) in [6.07, 6.45) is 1.32. The van der Waals surface area contributed by atoms with E-state index in [1.807, 2.05) is 25.6 Å². The molecule has 0 bridgehead atoms. The summed E-state index contributed by atoms with van der Waals surface area (Å²) in [5.41, 5.74) is 0. The molecule has 102 valence electrons. The lowest BCUT2D eigenvalue weighted by atomic mass is 10.3. The zero-order valence-electron chi connectivity index (χ0n) is 10.8. The minimum absolute atomic E-state index is 0.0196. The van der Waals surface area contributed by atoms with Crippen LogP contribution in [0.1, 0.15) is 20.3 Å². The second-order valence-electron chi connectivity index (χ2n) is 4.50. The van der Waals surface area contributed by atoms with E-state index in [1.165, 1.54) is 4.90 Å². The lowest BCUT2D eigenvalue weighted by Crippen LogP contribution is -2.37. The highest BCUT2D eigenvalue weighted by Crippen LogP contribution is 2.24. The van der Waals surface area contributed by atoms with E-state index in [4.69, 9.17) is 14.2 Å². The minimum atomic E-state index is -0.0196. The summed E-state index contributed by atoms with van der Waals surface area (Å²) in [6.45, 7) is 5.54. The maximum atomic E-state index is 5.87. The number of thiophene rings is 1. The van der Waals surface area contributed by atoms with E-state index in [-0.39, 0.29) is 18.5 Å². The van der Waals surface area contributed by atoms with Gasteiger partial charge >= 0.3 is 0 Å². The molecular weight excluding hydrogens is 268 g/mol. The van der Waals surface area contributed by atoms with Crippen LogP contribution < -0.4 is 0 Å². The Morgan fingerprint density at radius 2 is 2.39 bits per heavy atom. The molecule has 1 aliphatic heterocycles. The van der Waals surface area contributed by atoms with Gasteiger partial charge < -0.3 is 14.2 Å². The fourth-order valence-electron chi connectivity index (χ4n) is 1.49. The van der Waals surface area contributed by atoms with Gasteiger partial charge in [0.1, 0.15) is 0 Å². The minimum Gasteiger partial charge on any atom is -0.376 e. The maximum absolute atomic E-state index is 5.87. The summed E-state index contributed by atoms with van der Waals surface area (Å²) < 4.78 is 16.8. The van der Waals surface area contributed by atoms with E-state index < -0.39 is 0 Å². The average molecular weight is 288 g/mol. The fourth-order valence-corrected chi connectivity index (χ4v) is 3.24. The standard InChI is InChI=1S/C13H20O3S2/c1-10(2)15-7-11(16-13-3-5-14-13)8-18-12-4-6-17-9-12/h4,6,9-11,13H,3,5,7-8H2,1-2H3. The van der Waals surface area contributed by atoms with Gasteiger partial charge in [0.25, 0.3) is 0 Å². The van der Waals surface area contributed by atoms with Crippen molar-refractivity contribution >= 4 is 23.1 Å². The first-order valence-corrected chi connectivity index (χ1v) is 8.20.